The van der Waals surface area contributed by atoms with E-state index in [4.69, 9.17) is 5.26 Å². The number of hydrogen-bond acceptors (Lipinski definition) is 5. The van der Waals surface area contributed by atoms with Crippen molar-refractivity contribution in [3.8, 4) is 6.07 Å². The number of halogens is 3. The number of likely N-dealkylation sites (N-methyl/N-ethyl adjacent to an activating group) is 1. The first-order valence-corrected chi connectivity index (χ1v) is 11.3. The van der Waals surface area contributed by atoms with E-state index in [1.807, 2.05) is 4.90 Å². The Kier molecular flexibility index (Phi) is 6.25. The minimum Gasteiger partial charge on any atom is -0.371 e. The number of likely N-dealkylation sites (tertiary alicyclic amines) is 1. The highest BCUT2D eigenvalue weighted by molar-refractivity contribution is 5.96. The number of benzene rings is 1. The first-order valence-electron chi connectivity index (χ1n) is 11.3. The fourth-order valence-electron chi connectivity index (χ4n) is 5.16. The smallest absolute Gasteiger partial charge is 0.371 e. The monoisotopic (exact) mass is 488 g/mol. The summed E-state index contributed by atoms with van der Waals surface area (Å²) in [5.74, 6) is -0.409. The normalized spacial score (nSPS) is 19.6. The van der Waals surface area contributed by atoms with Gasteiger partial charge in [0.1, 0.15) is 11.7 Å². The Morgan fingerprint density at radius 1 is 1.23 bits per heavy atom. The molecule has 11 heteroatoms. The molecule has 0 bridgehead atoms. The van der Waals surface area contributed by atoms with Gasteiger partial charge in [0.05, 0.1) is 29.7 Å². The van der Waals surface area contributed by atoms with Crippen LogP contribution in [0.2, 0.25) is 0 Å². The highest BCUT2D eigenvalue weighted by Gasteiger charge is 2.50. The van der Waals surface area contributed by atoms with Crippen LogP contribution >= 0.6 is 0 Å². The van der Waals surface area contributed by atoms with Crippen molar-refractivity contribution in [1.29, 1.82) is 5.26 Å². The third kappa shape index (κ3) is 4.57. The number of hydrogen-bond donors (Lipinski definition) is 0. The number of amides is 2. The SMILES string of the molecule is CN(C)C(=O)C1CC2(CCN(c3ccc(C#N)c(C(F)(F)F)c3)CC2)CN1C(=O)c1cncn1C. The third-order valence-electron chi connectivity index (χ3n) is 7.15. The maximum Gasteiger partial charge on any atom is 0.417 e. The molecule has 2 aliphatic rings. The van der Waals surface area contributed by atoms with E-state index in [1.165, 1.54) is 29.6 Å². The number of rotatable bonds is 3. The predicted molar refractivity (Wildman–Crippen MR) is 121 cm³/mol. The van der Waals surface area contributed by atoms with Crippen molar-refractivity contribution in [3.63, 3.8) is 0 Å². The summed E-state index contributed by atoms with van der Waals surface area (Å²) in [6, 6.07) is 4.78. The van der Waals surface area contributed by atoms with Gasteiger partial charge in [-0.15, -0.1) is 0 Å². The molecule has 1 atom stereocenters. The number of aromatic nitrogens is 2. The van der Waals surface area contributed by atoms with E-state index in [9.17, 15) is 22.8 Å². The predicted octanol–water partition coefficient (Wildman–Crippen LogP) is 2.90. The standard InChI is InChI=1S/C24H27F3N6O2/c1-30(2)21(34)19-11-23(14-33(19)22(35)20-13-29-15-31(20)3)6-8-32(9-7-23)17-5-4-16(12-28)18(10-17)24(25,26)27/h4-5,10,13,15,19H,6-9,11,14H2,1-3H3. The lowest BCUT2D eigenvalue weighted by Crippen LogP contribution is -2.46. The van der Waals surface area contributed by atoms with Gasteiger partial charge in [-0.3, -0.25) is 9.59 Å². The van der Waals surface area contributed by atoms with Gasteiger partial charge >= 0.3 is 6.18 Å². The van der Waals surface area contributed by atoms with Crippen LogP contribution in [0.3, 0.4) is 0 Å². The van der Waals surface area contributed by atoms with Crippen LogP contribution < -0.4 is 4.90 Å². The number of carbonyl (C=O) groups is 2. The van der Waals surface area contributed by atoms with Gasteiger partial charge in [-0.25, -0.2) is 4.98 Å². The lowest BCUT2D eigenvalue weighted by atomic mass is 9.76. The van der Waals surface area contributed by atoms with Crippen LogP contribution in [0.4, 0.5) is 18.9 Å². The zero-order valence-corrected chi connectivity index (χ0v) is 19.8. The quantitative estimate of drug-likeness (QED) is 0.663. The summed E-state index contributed by atoms with van der Waals surface area (Å²) >= 11 is 0. The van der Waals surface area contributed by atoms with Gasteiger partial charge in [-0.1, -0.05) is 0 Å². The molecule has 8 nitrogen and oxygen atoms in total. The third-order valence-corrected chi connectivity index (χ3v) is 7.15. The number of aryl methyl sites for hydroxylation is 1. The average molecular weight is 489 g/mol. The van der Waals surface area contributed by atoms with E-state index in [2.05, 4.69) is 4.98 Å². The Hall–Kier alpha value is -3.55. The average Bonchev–Trinajstić information content (AvgIpc) is 3.41. The Labute approximate surface area is 201 Å². The molecule has 1 aromatic carbocycles. The molecule has 1 unspecified atom stereocenters. The van der Waals surface area contributed by atoms with Crippen molar-refractivity contribution in [3.05, 3.63) is 47.5 Å². The van der Waals surface area contributed by atoms with Gasteiger partial charge in [0.2, 0.25) is 5.91 Å². The maximum atomic E-state index is 13.4. The molecule has 2 aromatic rings. The summed E-state index contributed by atoms with van der Waals surface area (Å²) in [5, 5.41) is 9.05. The summed E-state index contributed by atoms with van der Waals surface area (Å²) in [7, 11) is 5.04. The van der Waals surface area contributed by atoms with Crippen molar-refractivity contribution in [1.82, 2.24) is 19.4 Å². The summed E-state index contributed by atoms with van der Waals surface area (Å²) in [4.78, 5) is 35.3. The first kappa shape index (κ1) is 24.6. The molecule has 0 N–H and O–H groups in total. The molecular formula is C24H27F3N6O2. The second-order valence-electron chi connectivity index (χ2n) is 9.60. The lowest BCUT2D eigenvalue weighted by molar-refractivity contribution is -0.137. The van der Waals surface area contributed by atoms with Crippen molar-refractivity contribution < 1.29 is 22.8 Å². The fourth-order valence-corrected chi connectivity index (χ4v) is 5.16. The minimum absolute atomic E-state index is 0.151. The van der Waals surface area contributed by atoms with E-state index in [0.717, 1.165) is 6.07 Å². The van der Waals surface area contributed by atoms with Crippen molar-refractivity contribution in [2.24, 2.45) is 12.5 Å². The molecule has 2 aliphatic heterocycles. The highest BCUT2D eigenvalue weighted by atomic mass is 19.4. The topological polar surface area (TPSA) is 85.5 Å². The Bertz CT molecular complexity index is 1170. The molecule has 0 saturated carbocycles. The second kappa shape index (κ2) is 8.91. The summed E-state index contributed by atoms with van der Waals surface area (Å²) in [5.41, 5.74) is -0.843. The van der Waals surface area contributed by atoms with Gasteiger partial charge in [0.15, 0.2) is 0 Å². The number of alkyl halides is 3. The molecule has 0 radical (unpaired) electrons. The van der Waals surface area contributed by atoms with Crippen molar-refractivity contribution in [2.45, 2.75) is 31.5 Å². The van der Waals surface area contributed by atoms with Crippen molar-refractivity contribution >= 4 is 17.5 Å². The van der Waals surface area contributed by atoms with E-state index < -0.39 is 23.3 Å². The molecule has 4 rings (SSSR count). The fraction of sp³-hybridized carbons (Fsp3) is 0.500. The number of nitrogens with zero attached hydrogens (tertiary/aromatic N) is 6. The number of anilines is 1. The molecule has 2 saturated heterocycles. The number of imidazole rings is 1. The van der Waals surface area contributed by atoms with Gasteiger partial charge in [0, 0.05) is 46.5 Å². The molecule has 1 spiro atoms. The van der Waals surface area contributed by atoms with Crippen LogP contribution in [0.25, 0.3) is 0 Å². The maximum absolute atomic E-state index is 13.4. The van der Waals surface area contributed by atoms with Gasteiger partial charge < -0.3 is 19.3 Å². The molecule has 0 aliphatic carbocycles. The summed E-state index contributed by atoms with van der Waals surface area (Å²) in [6.07, 6.45) is 0.156. The molecule has 2 amide bonds. The van der Waals surface area contributed by atoms with E-state index >= 15 is 0 Å². The Morgan fingerprint density at radius 2 is 1.91 bits per heavy atom. The Morgan fingerprint density at radius 3 is 2.46 bits per heavy atom. The lowest BCUT2D eigenvalue weighted by Gasteiger charge is -2.40. The zero-order chi connectivity index (χ0) is 25.5. The summed E-state index contributed by atoms with van der Waals surface area (Å²) in [6.45, 7) is 1.37. The number of piperidine rings is 1. The number of carbonyl (C=O) groups excluding carboxylic acids is 2. The van der Waals surface area contributed by atoms with Gasteiger partial charge in [-0.2, -0.15) is 18.4 Å². The van der Waals surface area contributed by atoms with Crippen LogP contribution in [0, 0.1) is 16.7 Å². The molecule has 3 heterocycles. The molecular weight excluding hydrogens is 461 g/mol. The zero-order valence-electron chi connectivity index (χ0n) is 19.8. The first-order chi connectivity index (χ1) is 16.5. The Balaban J connectivity index is 1.55. The summed E-state index contributed by atoms with van der Waals surface area (Å²) < 4.78 is 41.9. The van der Waals surface area contributed by atoms with Gasteiger partial charge in [0.25, 0.3) is 5.91 Å². The van der Waals surface area contributed by atoms with Crippen LogP contribution in [0.1, 0.15) is 40.9 Å². The number of nitriles is 1. The second-order valence-corrected chi connectivity index (χ2v) is 9.60. The molecule has 2 fully saturated rings. The molecule has 1 aromatic heterocycles. The minimum atomic E-state index is -4.62. The highest BCUT2D eigenvalue weighted by Crippen LogP contribution is 2.45. The van der Waals surface area contributed by atoms with Crippen LogP contribution in [0.5, 0.6) is 0 Å². The molecule has 35 heavy (non-hydrogen) atoms. The van der Waals surface area contributed by atoms with Crippen LogP contribution in [0.15, 0.2) is 30.7 Å². The molecule has 186 valence electrons. The van der Waals surface area contributed by atoms with Gasteiger partial charge in [-0.05, 0) is 42.9 Å². The van der Waals surface area contributed by atoms with Crippen LogP contribution in [-0.2, 0) is 18.0 Å². The van der Waals surface area contributed by atoms with Crippen LogP contribution in [-0.4, -0.2) is 70.9 Å². The van der Waals surface area contributed by atoms with Crippen molar-refractivity contribution in [2.75, 3.05) is 38.6 Å². The van der Waals surface area contributed by atoms with E-state index in [-0.39, 0.29) is 17.2 Å². The largest absolute Gasteiger partial charge is 0.417 e. The van der Waals surface area contributed by atoms with E-state index in [1.54, 1.807) is 36.7 Å². The van der Waals surface area contributed by atoms with E-state index in [0.29, 0.717) is 50.3 Å².